The molecule has 2 amide bonds. The summed E-state index contributed by atoms with van der Waals surface area (Å²) in [6, 6.07) is 14.3. The Morgan fingerprint density at radius 1 is 1.00 bits per heavy atom. The van der Waals surface area contributed by atoms with Gasteiger partial charge in [-0.2, -0.15) is 5.10 Å². The number of halogens is 2. The van der Waals surface area contributed by atoms with E-state index >= 15 is 0 Å². The highest BCUT2D eigenvalue weighted by Gasteiger charge is 2.36. The molecule has 0 unspecified atom stereocenters. The minimum atomic E-state index is -0.527. The van der Waals surface area contributed by atoms with Crippen LogP contribution in [-0.4, -0.2) is 78.3 Å². The minimum absolute atomic E-state index is 0.166. The number of benzene rings is 2. The molecule has 2 aliphatic rings. The fraction of sp³-hybridized carbons (Fsp3) is 0.321. The van der Waals surface area contributed by atoms with E-state index in [1.165, 1.54) is 52.6 Å². The van der Waals surface area contributed by atoms with Crippen molar-refractivity contribution >= 4 is 17.5 Å². The lowest BCUT2D eigenvalue weighted by Crippen LogP contribution is -2.46. The smallest absolute Gasteiger partial charge is 0.262 e. The van der Waals surface area contributed by atoms with Crippen LogP contribution in [-0.2, 0) is 9.53 Å². The monoisotopic (exact) mass is 522 g/mol. The molecule has 0 aliphatic carbocycles. The van der Waals surface area contributed by atoms with Crippen LogP contribution in [0.25, 0.3) is 0 Å². The van der Waals surface area contributed by atoms with E-state index in [1.54, 1.807) is 24.3 Å². The molecule has 1 atom stereocenters. The van der Waals surface area contributed by atoms with Crippen LogP contribution < -0.4 is 0 Å². The first-order valence-electron chi connectivity index (χ1n) is 12.5. The van der Waals surface area contributed by atoms with Gasteiger partial charge in [-0.25, -0.2) is 13.8 Å². The Bertz CT molecular complexity index is 1290. The second kappa shape index (κ2) is 11.7. The Hall–Kier alpha value is -3.89. The molecular formula is C28H28F2N4O4. The van der Waals surface area contributed by atoms with E-state index in [2.05, 4.69) is 10.0 Å². The van der Waals surface area contributed by atoms with Crippen LogP contribution in [0.1, 0.15) is 34.1 Å². The number of nitrogens with zero attached hydrogens (tertiary/aromatic N) is 4. The first-order valence-corrected chi connectivity index (χ1v) is 12.5. The van der Waals surface area contributed by atoms with Gasteiger partial charge in [-0.1, -0.05) is 18.2 Å². The second-order valence-corrected chi connectivity index (χ2v) is 9.22. The Morgan fingerprint density at radius 2 is 1.79 bits per heavy atom. The Balaban J connectivity index is 1.39. The summed E-state index contributed by atoms with van der Waals surface area (Å²) in [6.07, 6.45) is 1.90. The second-order valence-electron chi connectivity index (χ2n) is 9.22. The van der Waals surface area contributed by atoms with Crippen LogP contribution in [0.3, 0.4) is 0 Å². The van der Waals surface area contributed by atoms with Crippen molar-refractivity contribution in [2.45, 2.75) is 12.5 Å². The molecule has 1 fully saturated rings. The molecule has 0 bridgehead atoms. The van der Waals surface area contributed by atoms with Crippen LogP contribution >= 0.6 is 0 Å². The standard InChI is InChI=1S/C28H28F2N4O4/c29-22-8-6-20(7-9-22)24-18-25(26-5-2-14-38-26)34(31-24)27(35)19-33(11-10-32-12-15-37-16-13-32)28(36)21-3-1-4-23(30)17-21/h1-9,14,17,25H,10-13,15-16,18-19H2/t25-/m1/s1. The maximum Gasteiger partial charge on any atom is 0.262 e. The molecule has 5 rings (SSSR count). The average molecular weight is 523 g/mol. The average Bonchev–Trinajstić information content (AvgIpc) is 3.62. The summed E-state index contributed by atoms with van der Waals surface area (Å²) in [5, 5.41) is 5.90. The number of hydrogen-bond donors (Lipinski definition) is 0. The molecule has 3 aromatic rings. The van der Waals surface area contributed by atoms with Crippen LogP contribution in [0.4, 0.5) is 8.78 Å². The molecule has 0 N–H and O–H groups in total. The van der Waals surface area contributed by atoms with E-state index in [0.717, 1.165) is 13.1 Å². The summed E-state index contributed by atoms with van der Waals surface area (Å²) >= 11 is 0. The first-order chi connectivity index (χ1) is 18.5. The summed E-state index contributed by atoms with van der Waals surface area (Å²) in [7, 11) is 0. The third kappa shape index (κ3) is 5.98. The molecule has 2 aliphatic heterocycles. The van der Waals surface area contributed by atoms with E-state index in [9.17, 15) is 18.4 Å². The number of carbonyl (C=O) groups excluding carboxylic acids is 2. The molecule has 0 radical (unpaired) electrons. The molecule has 2 aromatic carbocycles. The van der Waals surface area contributed by atoms with Crippen molar-refractivity contribution in [3.05, 3.63) is 95.4 Å². The fourth-order valence-electron chi connectivity index (χ4n) is 4.64. The van der Waals surface area contributed by atoms with E-state index < -0.39 is 23.7 Å². The van der Waals surface area contributed by atoms with Crippen molar-refractivity contribution < 1.29 is 27.5 Å². The third-order valence-corrected chi connectivity index (χ3v) is 6.69. The van der Waals surface area contributed by atoms with Crippen molar-refractivity contribution in [3.8, 4) is 0 Å². The number of hydrogen-bond acceptors (Lipinski definition) is 6. The van der Waals surface area contributed by atoms with Gasteiger partial charge in [0.05, 0.1) is 25.2 Å². The SMILES string of the molecule is O=C(c1cccc(F)c1)N(CCN1CCOCC1)CC(=O)N1N=C(c2ccc(F)cc2)C[C@@H]1c1ccco1. The molecule has 38 heavy (non-hydrogen) atoms. The predicted octanol–water partition coefficient (Wildman–Crippen LogP) is 3.71. The Kier molecular flexibility index (Phi) is 7.90. The van der Waals surface area contributed by atoms with Crippen molar-refractivity contribution in [2.24, 2.45) is 5.10 Å². The topological polar surface area (TPSA) is 78.6 Å². The normalized spacial score (nSPS) is 17.9. The highest BCUT2D eigenvalue weighted by atomic mass is 19.1. The van der Waals surface area contributed by atoms with Gasteiger partial charge in [-0.05, 0) is 48.0 Å². The van der Waals surface area contributed by atoms with Gasteiger partial charge in [-0.15, -0.1) is 0 Å². The molecule has 3 heterocycles. The summed E-state index contributed by atoms with van der Waals surface area (Å²) in [4.78, 5) is 30.7. The molecule has 10 heteroatoms. The van der Waals surface area contributed by atoms with Gasteiger partial charge in [0.2, 0.25) is 0 Å². The number of hydrazone groups is 1. The van der Waals surface area contributed by atoms with Gasteiger partial charge in [0, 0.05) is 38.2 Å². The number of rotatable bonds is 8. The number of ether oxygens (including phenoxy) is 1. The van der Waals surface area contributed by atoms with Crippen LogP contribution in [0.5, 0.6) is 0 Å². The zero-order valence-electron chi connectivity index (χ0n) is 20.8. The maximum absolute atomic E-state index is 13.9. The van der Waals surface area contributed by atoms with Crippen molar-refractivity contribution in [3.63, 3.8) is 0 Å². The van der Waals surface area contributed by atoms with Crippen LogP contribution in [0.2, 0.25) is 0 Å². The number of carbonyl (C=O) groups is 2. The lowest BCUT2D eigenvalue weighted by molar-refractivity contribution is -0.134. The van der Waals surface area contributed by atoms with Crippen molar-refractivity contribution in [1.82, 2.24) is 14.8 Å². The fourth-order valence-corrected chi connectivity index (χ4v) is 4.64. The van der Waals surface area contributed by atoms with Crippen LogP contribution in [0.15, 0.2) is 76.4 Å². The van der Waals surface area contributed by atoms with Crippen molar-refractivity contribution in [2.75, 3.05) is 45.9 Å². The van der Waals surface area contributed by atoms with Gasteiger partial charge >= 0.3 is 0 Å². The largest absolute Gasteiger partial charge is 0.467 e. The summed E-state index contributed by atoms with van der Waals surface area (Å²) < 4.78 is 38.4. The number of morpholine rings is 1. The summed E-state index contributed by atoms with van der Waals surface area (Å²) in [5.74, 6) is -1.19. The van der Waals surface area contributed by atoms with Gasteiger partial charge in [-0.3, -0.25) is 14.5 Å². The van der Waals surface area contributed by atoms with E-state index in [-0.39, 0.29) is 24.5 Å². The number of furan rings is 1. The van der Waals surface area contributed by atoms with E-state index in [1.807, 2.05) is 0 Å². The Morgan fingerprint density at radius 3 is 2.50 bits per heavy atom. The molecular weight excluding hydrogens is 494 g/mol. The zero-order chi connectivity index (χ0) is 26.5. The van der Waals surface area contributed by atoms with Crippen LogP contribution in [0, 0.1) is 11.6 Å². The molecule has 1 saturated heterocycles. The number of amides is 2. The Labute approximate surface area is 219 Å². The lowest BCUT2D eigenvalue weighted by Gasteiger charge is -2.31. The van der Waals surface area contributed by atoms with Gasteiger partial charge in [0.25, 0.3) is 11.8 Å². The summed E-state index contributed by atoms with van der Waals surface area (Å²) in [5.41, 5.74) is 1.47. The molecule has 198 valence electrons. The molecule has 8 nitrogen and oxygen atoms in total. The molecule has 0 spiro atoms. The third-order valence-electron chi connectivity index (χ3n) is 6.69. The molecule has 0 saturated carbocycles. The zero-order valence-corrected chi connectivity index (χ0v) is 20.8. The van der Waals surface area contributed by atoms with E-state index in [0.29, 0.717) is 43.2 Å². The van der Waals surface area contributed by atoms with Crippen molar-refractivity contribution in [1.29, 1.82) is 0 Å². The predicted molar refractivity (Wildman–Crippen MR) is 135 cm³/mol. The minimum Gasteiger partial charge on any atom is -0.467 e. The van der Waals surface area contributed by atoms with Gasteiger partial charge in [0.1, 0.15) is 30.0 Å². The van der Waals surface area contributed by atoms with E-state index in [4.69, 9.17) is 9.15 Å². The maximum atomic E-state index is 13.9. The highest BCUT2D eigenvalue weighted by Crippen LogP contribution is 2.33. The first kappa shape index (κ1) is 25.7. The lowest BCUT2D eigenvalue weighted by atomic mass is 10.0. The highest BCUT2D eigenvalue weighted by molar-refractivity contribution is 6.03. The van der Waals surface area contributed by atoms with Gasteiger partial charge in [0.15, 0.2) is 0 Å². The quantitative estimate of drug-likeness (QED) is 0.451. The van der Waals surface area contributed by atoms with Gasteiger partial charge < -0.3 is 14.1 Å². The summed E-state index contributed by atoms with van der Waals surface area (Å²) in [6.45, 7) is 3.24. The molecule has 1 aromatic heterocycles.